The van der Waals surface area contributed by atoms with Crippen molar-refractivity contribution in [2.75, 3.05) is 6.54 Å². The van der Waals surface area contributed by atoms with E-state index >= 15 is 0 Å². The molecule has 0 fully saturated rings. The van der Waals surface area contributed by atoms with Crippen LogP contribution >= 0.6 is 35.3 Å². The first-order chi connectivity index (χ1) is 13.2. The van der Waals surface area contributed by atoms with E-state index in [1.165, 1.54) is 4.88 Å². The van der Waals surface area contributed by atoms with Crippen molar-refractivity contribution in [3.05, 3.63) is 69.8 Å². The Hall–Kier alpha value is -2.00. The van der Waals surface area contributed by atoms with Gasteiger partial charge in [-0.1, -0.05) is 24.3 Å². The van der Waals surface area contributed by atoms with Crippen LogP contribution in [0.5, 0.6) is 0 Å². The molecule has 0 amide bonds. The van der Waals surface area contributed by atoms with Gasteiger partial charge in [0, 0.05) is 23.2 Å². The minimum atomic E-state index is 0. The first kappa shape index (κ1) is 22.3. The number of aryl methyl sites for hydroxylation is 2. The smallest absolute Gasteiger partial charge is 0.191 e. The lowest BCUT2D eigenvalue weighted by atomic mass is 10.1. The van der Waals surface area contributed by atoms with Crippen LogP contribution in [0.2, 0.25) is 0 Å². The minimum Gasteiger partial charge on any atom is -0.357 e. The molecule has 2 N–H and O–H groups in total. The van der Waals surface area contributed by atoms with Gasteiger partial charge in [-0.15, -0.1) is 35.3 Å². The van der Waals surface area contributed by atoms with E-state index in [0.717, 1.165) is 40.0 Å². The number of aromatic nitrogens is 2. The second-order valence-electron chi connectivity index (χ2n) is 6.21. The third-order valence-electron chi connectivity index (χ3n) is 4.13. The zero-order valence-electron chi connectivity index (χ0n) is 16.4. The van der Waals surface area contributed by atoms with Gasteiger partial charge in [-0.25, -0.2) is 9.98 Å². The van der Waals surface area contributed by atoms with Gasteiger partial charge in [-0.2, -0.15) is 0 Å². The number of hydrogen-bond donors (Lipinski definition) is 2. The maximum atomic E-state index is 4.71. The minimum absolute atomic E-state index is 0. The van der Waals surface area contributed by atoms with Gasteiger partial charge < -0.3 is 10.6 Å². The third-order valence-corrected chi connectivity index (χ3v) is 5.20. The van der Waals surface area contributed by atoms with Crippen LogP contribution in [0.3, 0.4) is 0 Å². The fraction of sp³-hybridized carbons (Fsp3) is 0.286. The molecule has 0 aliphatic carbocycles. The molecule has 0 unspecified atom stereocenters. The van der Waals surface area contributed by atoms with E-state index in [2.05, 4.69) is 58.7 Å². The molecule has 2 aromatic heterocycles. The highest BCUT2D eigenvalue weighted by Gasteiger charge is 2.05. The average Bonchev–Trinajstić information content (AvgIpc) is 3.02. The summed E-state index contributed by atoms with van der Waals surface area (Å²) in [5.41, 5.74) is 4.33. The van der Waals surface area contributed by atoms with Crippen molar-refractivity contribution in [1.82, 2.24) is 20.6 Å². The van der Waals surface area contributed by atoms with Crippen LogP contribution in [-0.2, 0) is 13.1 Å². The Morgan fingerprint density at radius 1 is 1.11 bits per heavy atom. The van der Waals surface area contributed by atoms with Crippen molar-refractivity contribution >= 4 is 41.3 Å². The lowest BCUT2D eigenvalue weighted by Crippen LogP contribution is -2.36. The van der Waals surface area contributed by atoms with Crippen molar-refractivity contribution < 1.29 is 0 Å². The van der Waals surface area contributed by atoms with Gasteiger partial charge in [0.2, 0.25) is 0 Å². The summed E-state index contributed by atoms with van der Waals surface area (Å²) in [6.45, 7) is 8.31. The Bertz CT molecular complexity index is 889. The van der Waals surface area contributed by atoms with E-state index in [0.29, 0.717) is 13.1 Å². The maximum absolute atomic E-state index is 4.71. The second-order valence-corrected chi connectivity index (χ2v) is 7.50. The van der Waals surface area contributed by atoms with Crippen LogP contribution in [0.4, 0.5) is 0 Å². The summed E-state index contributed by atoms with van der Waals surface area (Å²) in [7, 11) is 0. The van der Waals surface area contributed by atoms with Crippen molar-refractivity contribution in [2.45, 2.75) is 33.9 Å². The summed E-state index contributed by atoms with van der Waals surface area (Å²) in [5, 5.41) is 7.74. The molecular weight excluding hydrogens is 481 g/mol. The summed E-state index contributed by atoms with van der Waals surface area (Å²) < 4.78 is 0. The lowest BCUT2D eigenvalue weighted by molar-refractivity contribution is 0.809. The lowest BCUT2D eigenvalue weighted by Gasteiger charge is -2.10. The van der Waals surface area contributed by atoms with Crippen molar-refractivity contribution in [3.8, 4) is 11.3 Å². The molecule has 0 saturated heterocycles. The van der Waals surface area contributed by atoms with Gasteiger partial charge in [0.05, 0.1) is 24.5 Å². The highest BCUT2D eigenvalue weighted by Crippen LogP contribution is 2.18. The molecule has 0 spiro atoms. The van der Waals surface area contributed by atoms with Gasteiger partial charge in [-0.05, 0) is 44.5 Å². The van der Waals surface area contributed by atoms with Gasteiger partial charge >= 0.3 is 0 Å². The summed E-state index contributed by atoms with van der Waals surface area (Å²) >= 11 is 1.73. The Kier molecular flexibility index (Phi) is 8.85. The van der Waals surface area contributed by atoms with Gasteiger partial charge in [0.25, 0.3) is 0 Å². The summed E-state index contributed by atoms with van der Waals surface area (Å²) in [5.74, 6) is 0.797. The highest BCUT2D eigenvalue weighted by atomic mass is 127. The Labute approximate surface area is 187 Å². The van der Waals surface area contributed by atoms with E-state index in [1.54, 1.807) is 11.3 Å². The van der Waals surface area contributed by atoms with Crippen LogP contribution in [0.25, 0.3) is 11.3 Å². The van der Waals surface area contributed by atoms with Crippen LogP contribution in [0.15, 0.2) is 53.7 Å². The summed E-state index contributed by atoms with van der Waals surface area (Å²) in [6, 6.07) is 14.3. The number of rotatable bonds is 6. The number of benzene rings is 1. The molecule has 0 radical (unpaired) electrons. The molecule has 0 aliphatic rings. The van der Waals surface area contributed by atoms with E-state index in [9.17, 15) is 0 Å². The van der Waals surface area contributed by atoms with E-state index < -0.39 is 0 Å². The van der Waals surface area contributed by atoms with Crippen molar-refractivity contribution in [3.63, 3.8) is 0 Å². The molecule has 5 nitrogen and oxygen atoms in total. The molecule has 3 aromatic rings. The third kappa shape index (κ3) is 6.27. The largest absolute Gasteiger partial charge is 0.357 e. The Morgan fingerprint density at radius 3 is 2.64 bits per heavy atom. The number of hydrogen-bond acceptors (Lipinski definition) is 4. The summed E-state index contributed by atoms with van der Waals surface area (Å²) in [6.07, 6.45) is 1.81. The normalized spacial score (nSPS) is 11.0. The molecule has 3 rings (SSSR count). The number of halogens is 1. The van der Waals surface area contributed by atoms with Crippen LogP contribution in [0, 0.1) is 13.8 Å². The predicted octanol–water partition coefficient (Wildman–Crippen LogP) is 4.70. The van der Waals surface area contributed by atoms with Crippen LogP contribution in [0.1, 0.15) is 28.1 Å². The fourth-order valence-electron chi connectivity index (χ4n) is 2.65. The number of guanidine groups is 1. The number of nitrogens with zero attached hydrogens (tertiary/aromatic N) is 3. The van der Waals surface area contributed by atoms with Gasteiger partial charge in [0.15, 0.2) is 5.96 Å². The van der Waals surface area contributed by atoms with E-state index in [1.807, 2.05) is 31.3 Å². The zero-order chi connectivity index (χ0) is 19.1. The molecule has 1 aromatic carbocycles. The average molecular weight is 507 g/mol. The fourth-order valence-corrected chi connectivity index (χ4v) is 3.52. The van der Waals surface area contributed by atoms with Crippen LogP contribution in [-0.4, -0.2) is 22.5 Å². The molecule has 2 heterocycles. The summed E-state index contributed by atoms with van der Waals surface area (Å²) in [4.78, 5) is 15.0. The molecule has 7 heteroatoms. The number of thiazole rings is 1. The zero-order valence-corrected chi connectivity index (χ0v) is 19.5. The Balaban J connectivity index is 0.00000280. The molecular formula is C21H26IN5S. The predicted molar refractivity (Wildman–Crippen MR) is 128 cm³/mol. The molecule has 0 saturated carbocycles. The highest BCUT2D eigenvalue weighted by molar-refractivity contribution is 14.0. The van der Waals surface area contributed by atoms with E-state index in [-0.39, 0.29) is 24.0 Å². The van der Waals surface area contributed by atoms with Gasteiger partial charge in [-0.3, -0.25) is 4.98 Å². The van der Waals surface area contributed by atoms with Crippen LogP contribution < -0.4 is 10.6 Å². The number of nitrogens with one attached hydrogen (secondary N) is 2. The Morgan fingerprint density at radius 2 is 1.96 bits per heavy atom. The van der Waals surface area contributed by atoms with Gasteiger partial charge in [0.1, 0.15) is 5.01 Å². The van der Waals surface area contributed by atoms with E-state index in [4.69, 9.17) is 4.99 Å². The molecule has 0 bridgehead atoms. The maximum Gasteiger partial charge on any atom is 0.191 e. The van der Waals surface area contributed by atoms with Crippen molar-refractivity contribution in [2.24, 2.45) is 4.99 Å². The second kappa shape index (κ2) is 11.1. The molecule has 148 valence electrons. The quantitative estimate of drug-likeness (QED) is 0.289. The number of aliphatic imine (C=N–C) groups is 1. The number of pyridine rings is 1. The van der Waals surface area contributed by atoms with Crippen molar-refractivity contribution in [1.29, 1.82) is 0 Å². The topological polar surface area (TPSA) is 62.2 Å². The first-order valence-electron chi connectivity index (χ1n) is 9.11. The molecule has 0 atom stereocenters. The standard InChI is InChI=1S/C21H25N5S.HI/c1-4-22-21(25-14-20-26-15(2)16(3)27-20)24-13-17-8-7-9-18(12-17)19-10-5-6-11-23-19;/h5-12H,4,13-14H2,1-3H3,(H2,22,24,25);1H. The monoisotopic (exact) mass is 507 g/mol. The molecule has 28 heavy (non-hydrogen) atoms. The first-order valence-corrected chi connectivity index (χ1v) is 9.92. The SMILES string of the molecule is CCNC(=NCc1cccc(-c2ccccn2)c1)NCc1nc(C)c(C)s1.I. The molecule has 0 aliphatic heterocycles.